The zero-order valence-electron chi connectivity index (χ0n) is 13.0. The highest BCUT2D eigenvalue weighted by molar-refractivity contribution is 5.38. The molecule has 1 aliphatic heterocycles. The lowest BCUT2D eigenvalue weighted by Gasteiger charge is -2.35. The third-order valence-corrected chi connectivity index (χ3v) is 4.06. The Morgan fingerprint density at radius 2 is 1.86 bits per heavy atom. The molecule has 5 heteroatoms. The molecule has 1 aromatic carbocycles. The first-order chi connectivity index (χ1) is 10.1. The number of β-amino-alcohol motifs (C(OH)–C–C–N with tert-alkyl or cyclic N) is 2. The van der Waals surface area contributed by atoms with Crippen LogP contribution in [0.5, 0.6) is 5.75 Å². The number of hydrogen-bond donors (Lipinski definition) is 2. The van der Waals surface area contributed by atoms with Gasteiger partial charge in [-0.2, -0.15) is 0 Å². The Labute approximate surface area is 126 Å². The van der Waals surface area contributed by atoms with Crippen molar-refractivity contribution in [3.8, 4) is 5.75 Å². The standard InChI is InChI=1S/C16H26N2O3/c1-13-3-4-16(21-2)14(11-13)15(20)12-18-7-5-17(6-8-18)9-10-19/h3-4,11,15,19-20H,5-10,12H2,1-2H3. The average molecular weight is 294 g/mol. The van der Waals surface area contributed by atoms with Gasteiger partial charge in [-0.05, 0) is 19.1 Å². The second kappa shape index (κ2) is 7.75. The molecular formula is C16H26N2O3. The van der Waals surface area contributed by atoms with Gasteiger partial charge < -0.3 is 14.9 Å². The van der Waals surface area contributed by atoms with Crippen molar-refractivity contribution in [2.24, 2.45) is 0 Å². The van der Waals surface area contributed by atoms with Crippen LogP contribution >= 0.6 is 0 Å². The number of aliphatic hydroxyl groups is 2. The fourth-order valence-corrected chi connectivity index (χ4v) is 2.79. The van der Waals surface area contributed by atoms with Gasteiger partial charge in [0.1, 0.15) is 5.75 Å². The average Bonchev–Trinajstić information content (AvgIpc) is 2.49. The highest BCUT2D eigenvalue weighted by Gasteiger charge is 2.21. The van der Waals surface area contributed by atoms with Gasteiger partial charge in [-0.1, -0.05) is 11.6 Å². The van der Waals surface area contributed by atoms with Gasteiger partial charge >= 0.3 is 0 Å². The van der Waals surface area contributed by atoms with Gasteiger partial charge in [0.15, 0.2) is 0 Å². The molecule has 1 saturated heterocycles. The van der Waals surface area contributed by atoms with E-state index in [1.807, 2.05) is 25.1 Å². The zero-order valence-corrected chi connectivity index (χ0v) is 13.0. The van der Waals surface area contributed by atoms with Gasteiger partial charge in [-0.25, -0.2) is 0 Å². The summed E-state index contributed by atoms with van der Waals surface area (Å²) < 4.78 is 5.35. The predicted molar refractivity (Wildman–Crippen MR) is 82.7 cm³/mol. The zero-order chi connectivity index (χ0) is 15.2. The van der Waals surface area contributed by atoms with Crippen LogP contribution in [0.25, 0.3) is 0 Å². The SMILES string of the molecule is COc1ccc(C)cc1C(O)CN1CCN(CCO)CC1. The molecule has 0 aromatic heterocycles. The Balaban J connectivity index is 1.93. The molecule has 1 aromatic rings. The first kappa shape index (κ1) is 16.2. The molecule has 118 valence electrons. The predicted octanol–water partition coefficient (Wildman–Crippen LogP) is 0.647. The Kier molecular flexibility index (Phi) is 5.99. The lowest BCUT2D eigenvalue weighted by molar-refractivity contribution is 0.0651. The molecule has 1 unspecified atom stereocenters. The summed E-state index contributed by atoms with van der Waals surface area (Å²) in [7, 11) is 1.63. The summed E-state index contributed by atoms with van der Waals surface area (Å²) in [5.74, 6) is 0.743. The second-order valence-corrected chi connectivity index (χ2v) is 5.63. The molecule has 1 heterocycles. The van der Waals surface area contributed by atoms with E-state index >= 15 is 0 Å². The normalized spacial score (nSPS) is 18.7. The molecule has 0 spiro atoms. The Bertz CT molecular complexity index is 445. The van der Waals surface area contributed by atoms with Crippen LogP contribution in [-0.2, 0) is 0 Å². The highest BCUT2D eigenvalue weighted by atomic mass is 16.5. The highest BCUT2D eigenvalue weighted by Crippen LogP contribution is 2.27. The Morgan fingerprint density at radius 3 is 2.48 bits per heavy atom. The minimum absolute atomic E-state index is 0.211. The van der Waals surface area contributed by atoms with Crippen molar-refractivity contribution in [3.63, 3.8) is 0 Å². The molecule has 5 nitrogen and oxygen atoms in total. The third kappa shape index (κ3) is 4.41. The first-order valence-electron chi connectivity index (χ1n) is 7.52. The maximum atomic E-state index is 10.5. The number of rotatable bonds is 6. The lowest BCUT2D eigenvalue weighted by Crippen LogP contribution is -2.48. The molecule has 1 fully saturated rings. The van der Waals surface area contributed by atoms with E-state index < -0.39 is 6.10 Å². The van der Waals surface area contributed by atoms with Gasteiger partial charge in [0.25, 0.3) is 0 Å². The third-order valence-electron chi connectivity index (χ3n) is 4.06. The van der Waals surface area contributed by atoms with Crippen LogP contribution in [0.15, 0.2) is 18.2 Å². The number of hydrogen-bond acceptors (Lipinski definition) is 5. The summed E-state index contributed by atoms with van der Waals surface area (Å²) in [4.78, 5) is 4.51. The second-order valence-electron chi connectivity index (χ2n) is 5.63. The molecule has 2 rings (SSSR count). The van der Waals surface area contributed by atoms with Gasteiger partial charge in [0.2, 0.25) is 0 Å². The molecule has 0 amide bonds. The van der Waals surface area contributed by atoms with Gasteiger partial charge in [0, 0.05) is 44.8 Å². The smallest absolute Gasteiger partial charge is 0.124 e. The van der Waals surface area contributed by atoms with Crippen LogP contribution in [0.1, 0.15) is 17.2 Å². The number of aryl methyl sites for hydroxylation is 1. The maximum absolute atomic E-state index is 10.5. The molecule has 1 atom stereocenters. The lowest BCUT2D eigenvalue weighted by atomic mass is 10.0. The molecule has 2 N–H and O–H groups in total. The van der Waals surface area contributed by atoms with Crippen LogP contribution in [0.3, 0.4) is 0 Å². The first-order valence-corrected chi connectivity index (χ1v) is 7.52. The van der Waals surface area contributed by atoms with Crippen molar-refractivity contribution in [2.75, 3.05) is 53.0 Å². The van der Waals surface area contributed by atoms with E-state index in [4.69, 9.17) is 9.84 Å². The topological polar surface area (TPSA) is 56.2 Å². The summed E-state index contributed by atoms with van der Waals surface area (Å²) in [6.07, 6.45) is -0.538. The minimum Gasteiger partial charge on any atom is -0.496 e. The van der Waals surface area contributed by atoms with Gasteiger partial charge in [-0.3, -0.25) is 9.80 Å². The van der Waals surface area contributed by atoms with E-state index in [9.17, 15) is 5.11 Å². The van der Waals surface area contributed by atoms with E-state index in [2.05, 4.69) is 9.80 Å². The molecule has 0 aliphatic carbocycles. The van der Waals surface area contributed by atoms with E-state index in [1.54, 1.807) is 7.11 Å². The molecular weight excluding hydrogens is 268 g/mol. The molecule has 0 bridgehead atoms. The van der Waals surface area contributed by atoms with Crippen LogP contribution < -0.4 is 4.74 Å². The van der Waals surface area contributed by atoms with Crippen LogP contribution in [0.4, 0.5) is 0 Å². The fourth-order valence-electron chi connectivity index (χ4n) is 2.79. The number of methoxy groups -OCH3 is 1. The Morgan fingerprint density at radius 1 is 1.19 bits per heavy atom. The van der Waals surface area contributed by atoms with Crippen molar-refractivity contribution >= 4 is 0 Å². The monoisotopic (exact) mass is 294 g/mol. The summed E-state index contributed by atoms with van der Waals surface area (Å²) >= 11 is 0. The number of piperazine rings is 1. The largest absolute Gasteiger partial charge is 0.496 e. The van der Waals surface area contributed by atoms with E-state index in [-0.39, 0.29) is 6.61 Å². The van der Waals surface area contributed by atoms with Gasteiger partial charge in [0.05, 0.1) is 19.8 Å². The molecule has 21 heavy (non-hydrogen) atoms. The summed E-state index contributed by atoms with van der Waals surface area (Å²) in [5.41, 5.74) is 1.98. The van der Waals surface area contributed by atoms with Crippen molar-refractivity contribution in [2.45, 2.75) is 13.0 Å². The molecule has 0 radical (unpaired) electrons. The van der Waals surface area contributed by atoms with Crippen molar-refractivity contribution in [1.29, 1.82) is 0 Å². The van der Waals surface area contributed by atoms with Crippen LogP contribution in [0.2, 0.25) is 0 Å². The number of aliphatic hydroxyl groups excluding tert-OH is 2. The van der Waals surface area contributed by atoms with E-state index in [0.29, 0.717) is 6.54 Å². The quantitative estimate of drug-likeness (QED) is 0.807. The van der Waals surface area contributed by atoms with Crippen LogP contribution in [-0.4, -0.2) is 73.0 Å². The summed E-state index contributed by atoms with van der Waals surface area (Å²) in [6.45, 7) is 7.31. The maximum Gasteiger partial charge on any atom is 0.124 e. The molecule has 1 aliphatic rings. The Hall–Kier alpha value is -1.14. The van der Waals surface area contributed by atoms with Crippen molar-refractivity contribution in [3.05, 3.63) is 29.3 Å². The number of benzene rings is 1. The summed E-state index contributed by atoms with van der Waals surface area (Å²) in [5, 5.41) is 19.5. The van der Waals surface area contributed by atoms with E-state index in [1.165, 1.54) is 0 Å². The van der Waals surface area contributed by atoms with Gasteiger partial charge in [-0.15, -0.1) is 0 Å². The fraction of sp³-hybridized carbons (Fsp3) is 0.625. The number of ether oxygens (including phenoxy) is 1. The number of nitrogens with zero attached hydrogens (tertiary/aromatic N) is 2. The van der Waals surface area contributed by atoms with Crippen molar-refractivity contribution < 1.29 is 14.9 Å². The van der Waals surface area contributed by atoms with Crippen molar-refractivity contribution in [1.82, 2.24) is 9.80 Å². The van der Waals surface area contributed by atoms with Crippen LogP contribution in [0, 0.1) is 6.92 Å². The minimum atomic E-state index is -0.538. The molecule has 0 saturated carbocycles. The summed E-state index contributed by atoms with van der Waals surface area (Å²) in [6, 6.07) is 5.89. The van der Waals surface area contributed by atoms with E-state index in [0.717, 1.165) is 49.6 Å².